The number of H-pyrrole nitrogens is 1. The summed E-state index contributed by atoms with van der Waals surface area (Å²) in [6, 6.07) is 9.83. The number of aromatic nitrogens is 2. The van der Waals surface area contributed by atoms with Crippen molar-refractivity contribution in [1.29, 1.82) is 0 Å². The third-order valence-corrected chi connectivity index (χ3v) is 6.12. The molecule has 1 aliphatic carbocycles. The van der Waals surface area contributed by atoms with E-state index < -0.39 is 5.92 Å². The highest BCUT2D eigenvalue weighted by molar-refractivity contribution is 7.22. The lowest BCUT2D eigenvalue weighted by Crippen LogP contribution is -2.27. The fraction of sp³-hybridized carbons (Fsp3) is 0.368. The Morgan fingerprint density at radius 3 is 2.76 bits per heavy atom. The summed E-state index contributed by atoms with van der Waals surface area (Å²) >= 11 is 1.45. The summed E-state index contributed by atoms with van der Waals surface area (Å²) in [6.45, 7) is 1.91. The van der Waals surface area contributed by atoms with Gasteiger partial charge in [-0.05, 0) is 30.9 Å². The van der Waals surface area contributed by atoms with Crippen LogP contribution in [0.3, 0.4) is 0 Å². The first-order valence-electron chi connectivity index (χ1n) is 8.41. The van der Waals surface area contributed by atoms with E-state index in [0.29, 0.717) is 28.9 Å². The molecule has 130 valence electrons. The van der Waals surface area contributed by atoms with Crippen molar-refractivity contribution in [3.8, 4) is 10.4 Å². The van der Waals surface area contributed by atoms with Crippen LogP contribution in [0.4, 0.5) is 8.78 Å². The molecule has 0 bridgehead atoms. The van der Waals surface area contributed by atoms with Crippen molar-refractivity contribution in [2.75, 3.05) is 0 Å². The van der Waals surface area contributed by atoms with Gasteiger partial charge in [0.1, 0.15) is 10.7 Å². The second kappa shape index (κ2) is 6.02. The van der Waals surface area contributed by atoms with Gasteiger partial charge in [-0.25, -0.2) is 13.8 Å². The van der Waals surface area contributed by atoms with Gasteiger partial charge in [-0.2, -0.15) is 0 Å². The Balaban J connectivity index is 1.82. The monoisotopic (exact) mass is 360 g/mol. The van der Waals surface area contributed by atoms with E-state index in [9.17, 15) is 13.6 Å². The standard InChI is InChI=1S/C19H18F2N2OS/c1-11-14-17(24)22-16(13-8-5-9-19(20,21)10-13)23-18(14)25-15(11)12-6-3-2-4-7-12/h2-4,6-7,13H,5,8-10H2,1H3,(H,22,23,24)/t13-/m0/s1. The zero-order valence-corrected chi connectivity index (χ0v) is 14.6. The van der Waals surface area contributed by atoms with Gasteiger partial charge in [0.05, 0.1) is 5.39 Å². The molecule has 0 aliphatic heterocycles. The van der Waals surface area contributed by atoms with Crippen LogP contribution in [0.2, 0.25) is 0 Å². The SMILES string of the molecule is Cc1c(-c2ccccc2)sc2nc([C@H]3CCCC(F)(F)C3)[nH]c(=O)c12. The van der Waals surface area contributed by atoms with Crippen LogP contribution in [0.15, 0.2) is 35.1 Å². The second-order valence-electron chi connectivity index (χ2n) is 6.70. The van der Waals surface area contributed by atoms with Crippen LogP contribution in [-0.4, -0.2) is 15.9 Å². The van der Waals surface area contributed by atoms with Crippen LogP contribution >= 0.6 is 11.3 Å². The van der Waals surface area contributed by atoms with Crippen LogP contribution in [0.5, 0.6) is 0 Å². The summed E-state index contributed by atoms with van der Waals surface area (Å²) in [4.78, 5) is 21.6. The topological polar surface area (TPSA) is 45.8 Å². The Kier molecular flexibility index (Phi) is 3.95. The highest BCUT2D eigenvalue weighted by Crippen LogP contribution is 2.41. The van der Waals surface area contributed by atoms with Crippen molar-refractivity contribution in [2.24, 2.45) is 0 Å². The van der Waals surface area contributed by atoms with E-state index in [4.69, 9.17) is 0 Å². The summed E-state index contributed by atoms with van der Waals surface area (Å²) in [5.41, 5.74) is 1.69. The minimum Gasteiger partial charge on any atom is -0.310 e. The molecule has 1 aliphatic rings. The molecule has 0 saturated heterocycles. The van der Waals surface area contributed by atoms with E-state index in [1.54, 1.807) is 0 Å². The number of aromatic amines is 1. The summed E-state index contributed by atoms with van der Waals surface area (Å²) in [6.07, 6.45) is 0.779. The quantitative estimate of drug-likeness (QED) is 0.678. The molecule has 1 N–H and O–H groups in total. The Bertz CT molecular complexity index is 978. The van der Waals surface area contributed by atoms with Crippen LogP contribution < -0.4 is 5.56 Å². The molecule has 0 unspecified atom stereocenters. The van der Waals surface area contributed by atoms with Crippen molar-refractivity contribution in [1.82, 2.24) is 9.97 Å². The molecular weight excluding hydrogens is 342 g/mol. The number of nitrogens with zero attached hydrogens (tertiary/aromatic N) is 1. The smallest absolute Gasteiger partial charge is 0.259 e. The maximum absolute atomic E-state index is 13.7. The molecule has 3 nitrogen and oxygen atoms in total. The number of aryl methyl sites for hydroxylation is 1. The van der Waals surface area contributed by atoms with Gasteiger partial charge in [-0.1, -0.05) is 30.3 Å². The molecule has 4 rings (SSSR count). The van der Waals surface area contributed by atoms with Crippen LogP contribution in [-0.2, 0) is 0 Å². The van der Waals surface area contributed by atoms with Crippen LogP contribution in [0.1, 0.15) is 43.0 Å². The Morgan fingerprint density at radius 1 is 1.28 bits per heavy atom. The van der Waals surface area contributed by atoms with Crippen molar-refractivity contribution in [3.05, 3.63) is 52.1 Å². The third-order valence-electron chi connectivity index (χ3n) is 4.88. The Morgan fingerprint density at radius 2 is 2.04 bits per heavy atom. The minimum atomic E-state index is -2.67. The van der Waals surface area contributed by atoms with E-state index in [-0.39, 0.29) is 24.3 Å². The summed E-state index contributed by atoms with van der Waals surface area (Å²) in [7, 11) is 0. The first-order chi connectivity index (χ1) is 11.9. The summed E-state index contributed by atoms with van der Waals surface area (Å²) < 4.78 is 27.5. The largest absolute Gasteiger partial charge is 0.310 e. The number of hydrogen-bond acceptors (Lipinski definition) is 3. The molecule has 3 aromatic rings. The molecule has 6 heteroatoms. The van der Waals surface area contributed by atoms with Crippen LogP contribution in [0.25, 0.3) is 20.7 Å². The van der Waals surface area contributed by atoms with Gasteiger partial charge in [0.25, 0.3) is 5.56 Å². The highest BCUT2D eigenvalue weighted by atomic mass is 32.1. The number of fused-ring (bicyclic) bond motifs is 1. The molecule has 25 heavy (non-hydrogen) atoms. The first-order valence-corrected chi connectivity index (χ1v) is 9.23. The maximum atomic E-state index is 13.7. The molecule has 1 fully saturated rings. The van der Waals surface area contributed by atoms with E-state index in [2.05, 4.69) is 9.97 Å². The van der Waals surface area contributed by atoms with Gasteiger partial charge >= 0.3 is 0 Å². The number of hydrogen-bond donors (Lipinski definition) is 1. The number of halogens is 2. The average molecular weight is 360 g/mol. The van der Waals surface area contributed by atoms with E-state index >= 15 is 0 Å². The van der Waals surface area contributed by atoms with Crippen molar-refractivity contribution in [2.45, 2.75) is 44.4 Å². The Labute approximate surface area is 147 Å². The lowest BCUT2D eigenvalue weighted by Gasteiger charge is -2.28. The normalized spacial score (nSPS) is 20.0. The number of alkyl halides is 2. The average Bonchev–Trinajstić information content (AvgIpc) is 2.92. The molecule has 0 amide bonds. The van der Waals surface area contributed by atoms with Crippen LogP contribution in [0, 0.1) is 6.92 Å². The second-order valence-corrected chi connectivity index (χ2v) is 7.70. The van der Waals surface area contributed by atoms with Gasteiger partial charge in [0.2, 0.25) is 5.92 Å². The summed E-state index contributed by atoms with van der Waals surface area (Å²) in [5, 5.41) is 0.565. The van der Waals surface area contributed by atoms with Gasteiger partial charge in [0.15, 0.2) is 0 Å². The lowest BCUT2D eigenvalue weighted by atomic mass is 9.86. The first kappa shape index (κ1) is 16.4. The fourth-order valence-electron chi connectivity index (χ4n) is 3.62. The molecule has 1 atom stereocenters. The van der Waals surface area contributed by atoms with E-state index in [0.717, 1.165) is 16.0 Å². The minimum absolute atomic E-state index is 0.0771. The van der Waals surface area contributed by atoms with E-state index in [1.807, 2.05) is 37.3 Å². The number of thiophene rings is 1. The lowest BCUT2D eigenvalue weighted by molar-refractivity contribution is -0.0417. The predicted molar refractivity (Wildman–Crippen MR) is 96.6 cm³/mol. The van der Waals surface area contributed by atoms with Gasteiger partial charge in [-0.15, -0.1) is 11.3 Å². The van der Waals surface area contributed by atoms with Crippen molar-refractivity contribution < 1.29 is 8.78 Å². The zero-order valence-electron chi connectivity index (χ0n) is 13.8. The molecule has 0 radical (unpaired) electrons. The number of nitrogens with one attached hydrogen (secondary N) is 1. The number of benzene rings is 1. The third kappa shape index (κ3) is 2.99. The summed E-state index contributed by atoms with van der Waals surface area (Å²) in [5.74, 6) is -2.65. The molecule has 1 aromatic carbocycles. The van der Waals surface area contributed by atoms with E-state index in [1.165, 1.54) is 11.3 Å². The number of rotatable bonds is 2. The maximum Gasteiger partial charge on any atom is 0.259 e. The molecule has 1 saturated carbocycles. The molecule has 2 heterocycles. The van der Waals surface area contributed by atoms with Gasteiger partial charge in [-0.3, -0.25) is 4.79 Å². The molecule has 0 spiro atoms. The van der Waals surface area contributed by atoms with Gasteiger partial charge < -0.3 is 4.98 Å². The molecule has 2 aromatic heterocycles. The van der Waals surface area contributed by atoms with Crippen molar-refractivity contribution in [3.63, 3.8) is 0 Å². The Hall–Kier alpha value is -2.08. The van der Waals surface area contributed by atoms with Crippen molar-refractivity contribution >= 4 is 21.6 Å². The van der Waals surface area contributed by atoms with Gasteiger partial charge in [0, 0.05) is 23.6 Å². The predicted octanol–water partition coefficient (Wildman–Crippen LogP) is 5.25. The zero-order chi connectivity index (χ0) is 17.6. The fourth-order valence-corrected chi connectivity index (χ4v) is 4.82. The molecular formula is C19H18F2N2OS. The highest BCUT2D eigenvalue weighted by Gasteiger charge is 2.38.